The maximum absolute atomic E-state index is 3.54. The summed E-state index contributed by atoms with van der Waals surface area (Å²) in [6, 6.07) is 10.3. The molecule has 1 aliphatic carbocycles. The summed E-state index contributed by atoms with van der Waals surface area (Å²) in [6.07, 6.45) is 6.76. The van der Waals surface area contributed by atoms with Crippen LogP contribution in [0.2, 0.25) is 0 Å². The van der Waals surface area contributed by atoms with Crippen molar-refractivity contribution in [1.29, 1.82) is 0 Å². The molecule has 0 radical (unpaired) electrons. The molecule has 3 unspecified atom stereocenters. The van der Waals surface area contributed by atoms with E-state index in [1.807, 2.05) is 0 Å². The minimum absolute atomic E-state index is 0.664. The zero-order chi connectivity index (χ0) is 13.2. The van der Waals surface area contributed by atoms with Gasteiger partial charge in [-0.25, -0.2) is 0 Å². The van der Waals surface area contributed by atoms with E-state index in [9.17, 15) is 0 Å². The first kappa shape index (κ1) is 13.0. The van der Waals surface area contributed by atoms with E-state index in [-0.39, 0.29) is 0 Å². The first-order chi connectivity index (χ1) is 9.29. The molecule has 2 nitrogen and oxygen atoms in total. The molecule has 0 aromatic heterocycles. The van der Waals surface area contributed by atoms with Gasteiger partial charge >= 0.3 is 0 Å². The summed E-state index contributed by atoms with van der Waals surface area (Å²) in [5.41, 5.74) is 3.02. The number of nitrogens with one attached hydrogen (secondary N) is 1. The predicted octanol–water partition coefficient (Wildman–Crippen LogP) is 3.22. The lowest BCUT2D eigenvalue weighted by Crippen LogP contribution is -2.44. The van der Waals surface area contributed by atoms with Crippen LogP contribution >= 0.6 is 0 Å². The van der Waals surface area contributed by atoms with Crippen molar-refractivity contribution in [2.45, 2.75) is 51.1 Å². The molecule has 1 aliphatic heterocycles. The van der Waals surface area contributed by atoms with Crippen LogP contribution in [0.25, 0.3) is 0 Å². The van der Waals surface area contributed by atoms with Gasteiger partial charge in [0.1, 0.15) is 0 Å². The fourth-order valence-electron chi connectivity index (χ4n) is 3.97. The van der Waals surface area contributed by atoms with E-state index < -0.39 is 0 Å². The molecule has 3 rings (SSSR count). The molecule has 1 N–H and O–H groups in total. The summed E-state index contributed by atoms with van der Waals surface area (Å²) in [7, 11) is 2.13. The highest BCUT2D eigenvalue weighted by Crippen LogP contribution is 2.34. The summed E-state index contributed by atoms with van der Waals surface area (Å²) in [6.45, 7) is 3.60. The normalized spacial score (nSPS) is 30.4. The van der Waals surface area contributed by atoms with Gasteiger partial charge in [-0.1, -0.05) is 31.0 Å². The number of nitrogens with zero attached hydrogens (tertiary/aromatic N) is 1. The van der Waals surface area contributed by atoms with Crippen molar-refractivity contribution in [3.63, 3.8) is 0 Å². The molecular formula is C17H26N2. The van der Waals surface area contributed by atoms with Crippen molar-refractivity contribution >= 4 is 5.69 Å². The maximum atomic E-state index is 3.54. The van der Waals surface area contributed by atoms with Gasteiger partial charge in [0.15, 0.2) is 0 Å². The number of fused-ring (bicyclic) bond motifs is 1. The average Bonchev–Trinajstić information content (AvgIpc) is 2.76. The van der Waals surface area contributed by atoms with Crippen LogP contribution < -0.4 is 10.2 Å². The van der Waals surface area contributed by atoms with Gasteiger partial charge in [-0.2, -0.15) is 0 Å². The van der Waals surface area contributed by atoms with Gasteiger partial charge < -0.3 is 10.2 Å². The molecule has 1 saturated carbocycles. The third kappa shape index (κ3) is 2.51. The highest BCUT2D eigenvalue weighted by atomic mass is 15.2. The van der Waals surface area contributed by atoms with E-state index in [1.165, 1.54) is 49.9 Å². The van der Waals surface area contributed by atoms with E-state index in [4.69, 9.17) is 0 Å². The lowest BCUT2D eigenvalue weighted by molar-refractivity contribution is 0.273. The standard InChI is InChI=1S/C17H26N2/c1-13-11-14-7-4-6-10-17(14)19(13)12-15-8-3-5-9-16(15)18-2/h4,6-7,10,13,15-16,18H,3,5,8-9,11-12H2,1-2H3. The topological polar surface area (TPSA) is 15.3 Å². The predicted molar refractivity (Wildman–Crippen MR) is 81.8 cm³/mol. The van der Waals surface area contributed by atoms with Crippen molar-refractivity contribution in [1.82, 2.24) is 5.32 Å². The molecule has 19 heavy (non-hydrogen) atoms. The molecule has 1 aromatic rings. The largest absolute Gasteiger partial charge is 0.368 e. The van der Waals surface area contributed by atoms with E-state index in [2.05, 4.69) is 48.5 Å². The number of rotatable bonds is 3. The molecule has 1 aromatic carbocycles. The van der Waals surface area contributed by atoms with Gasteiger partial charge in [0.2, 0.25) is 0 Å². The molecule has 0 bridgehead atoms. The summed E-state index contributed by atoms with van der Waals surface area (Å²) in [4.78, 5) is 2.65. The molecule has 104 valence electrons. The number of benzene rings is 1. The van der Waals surface area contributed by atoms with Gasteiger partial charge in [0.05, 0.1) is 0 Å². The summed E-state index contributed by atoms with van der Waals surface area (Å²) in [5.74, 6) is 0.812. The van der Waals surface area contributed by atoms with Crippen molar-refractivity contribution in [3.05, 3.63) is 29.8 Å². The zero-order valence-corrected chi connectivity index (χ0v) is 12.2. The lowest BCUT2D eigenvalue weighted by Gasteiger charge is -2.36. The third-order valence-corrected chi connectivity index (χ3v) is 5.06. The molecule has 1 fully saturated rings. The van der Waals surface area contributed by atoms with Crippen LogP contribution in [0.5, 0.6) is 0 Å². The Balaban J connectivity index is 1.75. The van der Waals surface area contributed by atoms with E-state index in [1.54, 1.807) is 0 Å². The monoisotopic (exact) mass is 258 g/mol. The molecular weight excluding hydrogens is 232 g/mol. The van der Waals surface area contributed by atoms with Crippen molar-refractivity contribution < 1.29 is 0 Å². The van der Waals surface area contributed by atoms with Crippen LogP contribution in [0.3, 0.4) is 0 Å². The SMILES string of the molecule is CNC1CCCCC1CN1c2ccccc2CC1C. The highest BCUT2D eigenvalue weighted by Gasteiger charge is 2.31. The van der Waals surface area contributed by atoms with E-state index >= 15 is 0 Å². The van der Waals surface area contributed by atoms with Crippen molar-refractivity contribution in [2.24, 2.45) is 5.92 Å². The van der Waals surface area contributed by atoms with Crippen LogP contribution in [0.15, 0.2) is 24.3 Å². The summed E-state index contributed by atoms with van der Waals surface area (Å²) < 4.78 is 0. The van der Waals surface area contributed by atoms with E-state index in [0.717, 1.165) is 5.92 Å². The first-order valence-corrected chi connectivity index (χ1v) is 7.81. The molecule has 2 aliphatic rings. The lowest BCUT2D eigenvalue weighted by atomic mass is 9.84. The Labute approximate surface area is 117 Å². The van der Waals surface area contributed by atoms with Crippen LogP contribution in [-0.4, -0.2) is 25.7 Å². The molecule has 2 heteroatoms. The molecule has 0 spiro atoms. The molecule has 0 amide bonds. The minimum atomic E-state index is 0.664. The van der Waals surface area contributed by atoms with Gasteiger partial charge in [-0.3, -0.25) is 0 Å². The van der Waals surface area contributed by atoms with Gasteiger partial charge in [-0.15, -0.1) is 0 Å². The van der Waals surface area contributed by atoms with Gasteiger partial charge in [0, 0.05) is 24.3 Å². The van der Waals surface area contributed by atoms with E-state index in [0.29, 0.717) is 12.1 Å². The zero-order valence-electron chi connectivity index (χ0n) is 12.2. The van der Waals surface area contributed by atoms with Crippen molar-refractivity contribution in [3.8, 4) is 0 Å². The summed E-state index contributed by atoms with van der Waals surface area (Å²) >= 11 is 0. The second-order valence-electron chi connectivity index (χ2n) is 6.27. The number of anilines is 1. The maximum Gasteiger partial charge on any atom is 0.0402 e. The van der Waals surface area contributed by atoms with Crippen LogP contribution in [-0.2, 0) is 6.42 Å². The number of hydrogen-bond donors (Lipinski definition) is 1. The van der Waals surface area contributed by atoms with Crippen LogP contribution in [0, 0.1) is 5.92 Å². The van der Waals surface area contributed by atoms with Crippen LogP contribution in [0.4, 0.5) is 5.69 Å². The van der Waals surface area contributed by atoms with Gasteiger partial charge in [-0.05, 0) is 50.8 Å². The highest BCUT2D eigenvalue weighted by molar-refractivity contribution is 5.59. The number of para-hydroxylation sites is 1. The van der Waals surface area contributed by atoms with Crippen molar-refractivity contribution in [2.75, 3.05) is 18.5 Å². The third-order valence-electron chi connectivity index (χ3n) is 5.06. The fourth-order valence-corrected chi connectivity index (χ4v) is 3.97. The Morgan fingerprint density at radius 3 is 2.84 bits per heavy atom. The first-order valence-electron chi connectivity index (χ1n) is 7.81. The summed E-state index contributed by atoms with van der Waals surface area (Å²) in [5, 5.41) is 3.54. The Morgan fingerprint density at radius 2 is 2.00 bits per heavy atom. The fraction of sp³-hybridized carbons (Fsp3) is 0.647. The Kier molecular flexibility index (Phi) is 3.79. The van der Waals surface area contributed by atoms with Gasteiger partial charge in [0.25, 0.3) is 0 Å². The molecule has 0 saturated heterocycles. The second kappa shape index (κ2) is 5.54. The van der Waals surface area contributed by atoms with Crippen LogP contribution in [0.1, 0.15) is 38.2 Å². The Bertz CT molecular complexity index is 429. The number of hydrogen-bond acceptors (Lipinski definition) is 2. The quantitative estimate of drug-likeness (QED) is 0.895. The second-order valence-corrected chi connectivity index (χ2v) is 6.27. The smallest absolute Gasteiger partial charge is 0.0402 e. The minimum Gasteiger partial charge on any atom is -0.368 e. The molecule has 3 atom stereocenters. The molecule has 1 heterocycles. The average molecular weight is 258 g/mol. The Morgan fingerprint density at radius 1 is 1.21 bits per heavy atom. The Hall–Kier alpha value is -1.02.